The summed E-state index contributed by atoms with van der Waals surface area (Å²) in [4.78, 5) is 33.9. The number of rotatable bonds is 6. The molecule has 168 valence electrons. The van der Waals surface area contributed by atoms with Crippen molar-refractivity contribution in [3.8, 4) is 28.2 Å². The molecule has 0 amide bonds. The van der Waals surface area contributed by atoms with Gasteiger partial charge in [-0.1, -0.05) is 12.1 Å². The quantitative estimate of drug-likeness (QED) is 0.175. The van der Waals surface area contributed by atoms with E-state index in [4.69, 9.17) is 9.15 Å². The van der Waals surface area contributed by atoms with Gasteiger partial charge in [0.05, 0.1) is 0 Å². The Hall–Kier alpha value is -4.07. The SMILES string of the molecule is Cc1cc(C=O)ccc1-c1c2cc(F)c(=O)c(C)c-2oc2c(C)c(OCOC=O)c(F)cc12. The number of hydrogen-bond acceptors (Lipinski definition) is 6. The van der Waals surface area contributed by atoms with Crippen LogP contribution in [0.1, 0.15) is 27.0 Å². The first-order chi connectivity index (χ1) is 15.8. The molecule has 33 heavy (non-hydrogen) atoms. The number of fused-ring (bicyclic) bond motifs is 2. The lowest BCUT2D eigenvalue weighted by molar-refractivity contribution is -0.134. The van der Waals surface area contributed by atoms with Gasteiger partial charge in [-0.15, -0.1) is 0 Å². The third-order valence-corrected chi connectivity index (χ3v) is 5.57. The van der Waals surface area contributed by atoms with Crippen LogP contribution in [0.4, 0.5) is 8.78 Å². The molecule has 0 fully saturated rings. The molecular weight excluding hydrogens is 434 g/mol. The Morgan fingerprint density at radius 3 is 2.39 bits per heavy atom. The molecule has 0 N–H and O–H groups in total. The lowest BCUT2D eigenvalue weighted by Gasteiger charge is -2.20. The molecule has 2 aromatic carbocycles. The fraction of sp³-hybridized carbons (Fsp3) is 0.160. The van der Waals surface area contributed by atoms with Gasteiger partial charge in [0.15, 0.2) is 17.4 Å². The summed E-state index contributed by atoms with van der Waals surface area (Å²) in [6, 6.07) is 7.20. The highest BCUT2D eigenvalue weighted by molar-refractivity contribution is 6.04. The van der Waals surface area contributed by atoms with Crippen molar-refractivity contribution in [3.63, 3.8) is 0 Å². The van der Waals surface area contributed by atoms with Crippen molar-refractivity contribution in [1.29, 1.82) is 0 Å². The maximum Gasteiger partial charge on any atom is 0.295 e. The van der Waals surface area contributed by atoms with Crippen LogP contribution in [0.2, 0.25) is 0 Å². The zero-order chi connectivity index (χ0) is 23.9. The number of carbonyl (C=O) groups is 2. The van der Waals surface area contributed by atoms with Crippen molar-refractivity contribution in [2.24, 2.45) is 0 Å². The summed E-state index contributed by atoms with van der Waals surface area (Å²) in [6.45, 7) is 4.44. The fourth-order valence-electron chi connectivity index (χ4n) is 3.99. The van der Waals surface area contributed by atoms with E-state index in [9.17, 15) is 18.8 Å². The van der Waals surface area contributed by atoms with E-state index in [1.54, 1.807) is 32.0 Å². The summed E-state index contributed by atoms with van der Waals surface area (Å²) < 4.78 is 45.3. The summed E-state index contributed by atoms with van der Waals surface area (Å²) in [5.41, 5.74) is 2.22. The average Bonchev–Trinajstić information content (AvgIpc) is 2.79. The number of hydrogen-bond donors (Lipinski definition) is 0. The van der Waals surface area contributed by atoms with Crippen molar-refractivity contribution in [3.05, 3.63) is 74.4 Å². The van der Waals surface area contributed by atoms with Crippen molar-refractivity contribution in [2.75, 3.05) is 6.79 Å². The van der Waals surface area contributed by atoms with Crippen LogP contribution in [0.25, 0.3) is 33.4 Å². The van der Waals surface area contributed by atoms with Crippen molar-refractivity contribution in [1.82, 2.24) is 0 Å². The molecule has 0 bridgehead atoms. The normalized spacial score (nSPS) is 11.1. The van der Waals surface area contributed by atoms with Gasteiger partial charge >= 0.3 is 0 Å². The van der Waals surface area contributed by atoms with Gasteiger partial charge in [0.1, 0.15) is 17.6 Å². The van der Waals surface area contributed by atoms with Crippen molar-refractivity contribution in [2.45, 2.75) is 20.8 Å². The summed E-state index contributed by atoms with van der Waals surface area (Å²) in [6.07, 6.45) is 0.704. The molecule has 6 nitrogen and oxygen atoms in total. The van der Waals surface area contributed by atoms with Crippen LogP contribution < -0.4 is 10.2 Å². The molecule has 1 heterocycles. The number of aldehydes is 1. The molecule has 0 aromatic heterocycles. The number of carbonyl (C=O) groups excluding carboxylic acids is 2. The van der Waals surface area contributed by atoms with Gasteiger partial charge in [0.2, 0.25) is 12.2 Å². The molecule has 1 aliphatic heterocycles. The van der Waals surface area contributed by atoms with Crippen LogP contribution in [0.3, 0.4) is 0 Å². The summed E-state index contributed by atoms with van der Waals surface area (Å²) in [5.74, 6) is -1.74. The first kappa shape index (κ1) is 22.1. The highest BCUT2D eigenvalue weighted by atomic mass is 19.1. The highest BCUT2D eigenvalue weighted by Crippen LogP contribution is 2.45. The van der Waals surface area contributed by atoms with E-state index in [-0.39, 0.29) is 40.3 Å². The Morgan fingerprint density at radius 1 is 0.970 bits per heavy atom. The van der Waals surface area contributed by atoms with Crippen molar-refractivity contribution >= 4 is 23.7 Å². The summed E-state index contributed by atoms with van der Waals surface area (Å²) in [7, 11) is 0. The third-order valence-electron chi connectivity index (χ3n) is 5.57. The van der Waals surface area contributed by atoms with Crippen LogP contribution in [0.5, 0.6) is 5.75 Å². The molecule has 0 unspecified atom stereocenters. The Morgan fingerprint density at radius 2 is 1.73 bits per heavy atom. The van der Waals surface area contributed by atoms with E-state index >= 15 is 4.39 Å². The smallest absolute Gasteiger partial charge is 0.295 e. The lowest BCUT2D eigenvalue weighted by atomic mass is 9.88. The maximum absolute atomic E-state index is 15.1. The molecule has 0 radical (unpaired) electrons. The summed E-state index contributed by atoms with van der Waals surface area (Å²) >= 11 is 0. The van der Waals surface area contributed by atoms with Crippen LogP contribution in [-0.2, 0) is 9.53 Å². The minimum absolute atomic E-state index is 0.0609. The molecule has 0 saturated carbocycles. The van der Waals surface area contributed by atoms with Crippen molar-refractivity contribution < 1.29 is 32.3 Å². The van der Waals surface area contributed by atoms with Gasteiger partial charge < -0.3 is 13.9 Å². The maximum atomic E-state index is 15.1. The van der Waals surface area contributed by atoms with Crippen LogP contribution in [0.15, 0.2) is 39.5 Å². The minimum Gasteiger partial charge on any atom is -0.455 e. The van der Waals surface area contributed by atoms with Crippen LogP contribution >= 0.6 is 0 Å². The van der Waals surface area contributed by atoms with Gasteiger partial charge in [-0.05, 0) is 50.1 Å². The fourth-order valence-corrected chi connectivity index (χ4v) is 3.99. The Bertz CT molecular complexity index is 1450. The van der Waals surface area contributed by atoms with Crippen LogP contribution in [0, 0.1) is 32.4 Å². The standard InChI is InChI=1S/C25H18F2O6/c1-12-6-15(9-28)4-5-16(12)21-17-7-19(26)22(30)13(2)23(17)33-24-14(3)25(32-11-31-10-29)20(27)8-18(21)24/h4-10H,11H2,1-3H3. The van der Waals surface area contributed by atoms with Gasteiger partial charge in [-0.3, -0.25) is 14.4 Å². The van der Waals surface area contributed by atoms with Gasteiger partial charge in [-0.2, -0.15) is 0 Å². The number of benzene rings is 3. The minimum atomic E-state index is -0.957. The zero-order valence-corrected chi connectivity index (χ0v) is 18.0. The second-order valence-corrected chi connectivity index (χ2v) is 7.57. The molecule has 4 rings (SSSR count). The first-order valence-electron chi connectivity index (χ1n) is 9.91. The van der Waals surface area contributed by atoms with E-state index in [1.165, 1.54) is 13.0 Å². The molecule has 2 aromatic rings. The molecule has 8 heteroatoms. The van der Waals surface area contributed by atoms with Crippen LogP contribution in [-0.4, -0.2) is 19.6 Å². The molecule has 0 atom stereocenters. The molecule has 1 aliphatic carbocycles. The highest BCUT2D eigenvalue weighted by Gasteiger charge is 2.26. The van der Waals surface area contributed by atoms with Gasteiger partial charge in [0.25, 0.3) is 6.47 Å². The number of ether oxygens (including phenoxy) is 2. The number of halogens is 2. The largest absolute Gasteiger partial charge is 0.455 e. The zero-order valence-electron chi connectivity index (χ0n) is 18.0. The Balaban J connectivity index is 2.16. The topological polar surface area (TPSA) is 82.8 Å². The Labute approximate surface area is 186 Å². The third kappa shape index (κ3) is 3.63. The summed E-state index contributed by atoms with van der Waals surface area (Å²) in [5, 5.41) is 0.320. The average molecular weight is 452 g/mol. The predicted molar refractivity (Wildman–Crippen MR) is 117 cm³/mol. The predicted octanol–water partition coefficient (Wildman–Crippen LogP) is 5.09. The lowest BCUT2D eigenvalue weighted by Crippen LogP contribution is -2.13. The van der Waals surface area contributed by atoms with Gasteiger partial charge in [-0.25, -0.2) is 8.78 Å². The Kier molecular flexibility index (Phi) is 5.68. The van der Waals surface area contributed by atoms with Gasteiger partial charge in [0, 0.05) is 33.2 Å². The van der Waals surface area contributed by atoms with E-state index < -0.39 is 23.9 Å². The molecule has 2 aliphatic rings. The molecule has 0 spiro atoms. The molecule has 0 saturated heterocycles. The second-order valence-electron chi connectivity index (χ2n) is 7.57. The first-order valence-corrected chi connectivity index (χ1v) is 9.91. The monoisotopic (exact) mass is 452 g/mol. The molecular formula is C25H18F2O6. The number of aryl methyl sites for hydroxylation is 2. The van der Waals surface area contributed by atoms with E-state index in [0.717, 1.165) is 6.07 Å². The second kappa shape index (κ2) is 8.46. The van der Waals surface area contributed by atoms with E-state index in [0.29, 0.717) is 33.9 Å². The van der Waals surface area contributed by atoms with E-state index in [1.807, 2.05) is 0 Å². The van der Waals surface area contributed by atoms with E-state index in [2.05, 4.69) is 4.74 Å².